The van der Waals surface area contributed by atoms with Crippen molar-refractivity contribution in [3.8, 4) is 5.75 Å². The van der Waals surface area contributed by atoms with E-state index in [4.69, 9.17) is 13.8 Å². The first-order valence-corrected chi connectivity index (χ1v) is 9.30. The number of carbonyl (C=O) groups is 1. The van der Waals surface area contributed by atoms with Crippen molar-refractivity contribution in [1.82, 2.24) is 0 Å². The number of ether oxygens (including phenoxy) is 1. The summed E-state index contributed by atoms with van der Waals surface area (Å²) in [6.07, 6.45) is 0. The third kappa shape index (κ3) is 8.95. The molecule has 8 heteroatoms. The molecule has 0 fully saturated rings. The second-order valence-corrected chi connectivity index (χ2v) is 8.02. The van der Waals surface area contributed by atoms with Crippen molar-refractivity contribution >= 4 is 13.6 Å². The Morgan fingerprint density at radius 1 is 1.12 bits per heavy atom. The Kier molecular flexibility index (Phi) is 7.99. The smallest absolute Gasteiger partial charge is 0.268 e. The van der Waals surface area contributed by atoms with Crippen LogP contribution in [0.5, 0.6) is 5.75 Å². The zero-order valence-electron chi connectivity index (χ0n) is 15.2. The Morgan fingerprint density at radius 3 is 2.20 bits per heavy atom. The van der Waals surface area contributed by atoms with Crippen LogP contribution in [0.1, 0.15) is 17.3 Å². The number of quaternary nitrogens is 1. The van der Waals surface area contributed by atoms with Crippen molar-refractivity contribution in [3.63, 3.8) is 0 Å². The third-order valence-electron chi connectivity index (χ3n) is 3.12. The molecule has 0 saturated heterocycles. The fourth-order valence-electron chi connectivity index (χ4n) is 1.72. The molecule has 140 valence electrons. The van der Waals surface area contributed by atoms with E-state index < -0.39 is 7.82 Å². The Balaban J connectivity index is 2.34. The topological polar surface area (TPSA) is 84.9 Å². The van der Waals surface area contributed by atoms with Crippen LogP contribution in [-0.2, 0) is 13.6 Å². The van der Waals surface area contributed by atoms with Crippen molar-refractivity contribution in [2.45, 2.75) is 6.92 Å². The average Bonchev–Trinajstić information content (AvgIpc) is 2.50. The Morgan fingerprint density at radius 2 is 1.68 bits per heavy atom. The number of ketones is 1. The number of nitrogens with zero attached hydrogens (tertiary/aromatic N) is 1. The van der Waals surface area contributed by atoms with E-state index in [9.17, 15) is 14.3 Å². The number of phosphoric ester groups is 1. The van der Waals surface area contributed by atoms with Crippen molar-refractivity contribution < 1.29 is 32.5 Å². The van der Waals surface area contributed by atoms with Crippen LogP contribution in [-0.4, -0.2) is 57.8 Å². The molecule has 0 N–H and O–H groups in total. The van der Waals surface area contributed by atoms with Crippen LogP contribution in [0.4, 0.5) is 0 Å². The van der Waals surface area contributed by atoms with Crippen LogP contribution >= 0.6 is 7.82 Å². The molecule has 1 aromatic rings. The largest absolute Gasteiger partial charge is 0.756 e. The van der Waals surface area contributed by atoms with E-state index in [2.05, 4.69) is 6.58 Å². The van der Waals surface area contributed by atoms with Crippen LogP contribution in [0.25, 0.3) is 0 Å². The molecule has 1 unspecified atom stereocenters. The maximum absolute atomic E-state index is 11.7. The van der Waals surface area contributed by atoms with Gasteiger partial charge in [-0.2, -0.15) is 0 Å². The maximum Gasteiger partial charge on any atom is 0.268 e. The van der Waals surface area contributed by atoms with E-state index in [1.54, 1.807) is 31.2 Å². The molecule has 0 aliphatic heterocycles. The normalized spacial score (nSPS) is 14.0. The molecule has 1 atom stereocenters. The standard InChI is InChI=1S/C17H26NO6P/c1-14(2)17(19)15-6-8-16(9-7-15)22-12-13-24-25(20,21)23-11-10-18(3,4)5/h6-9H,1,10-13H2,2-5H3. The van der Waals surface area contributed by atoms with Gasteiger partial charge in [0.2, 0.25) is 0 Å². The van der Waals surface area contributed by atoms with Crippen LogP contribution in [0, 0.1) is 0 Å². The second-order valence-electron chi connectivity index (χ2n) is 6.61. The van der Waals surface area contributed by atoms with Crippen LogP contribution in [0.15, 0.2) is 36.4 Å². The lowest BCUT2D eigenvalue weighted by atomic mass is 10.1. The molecule has 1 aromatic carbocycles. The van der Waals surface area contributed by atoms with Gasteiger partial charge in [0, 0.05) is 5.56 Å². The highest BCUT2D eigenvalue weighted by atomic mass is 31.2. The van der Waals surface area contributed by atoms with Gasteiger partial charge in [-0.1, -0.05) is 6.58 Å². The Labute approximate surface area is 149 Å². The molecule has 0 radical (unpaired) electrons. The van der Waals surface area contributed by atoms with E-state index >= 15 is 0 Å². The number of carbonyl (C=O) groups excluding carboxylic acids is 1. The number of phosphoric acid groups is 1. The zero-order valence-corrected chi connectivity index (χ0v) is 16.1. The highest BCUT2D eigenvalue weighted by Crippen LogP contribution is 2.37. The molecule has 0 spiro atoms. The summed E-state index contributed by atoms with van der Waals surface area (Å²) in [5, 5.41) is 0. The molecule has 0 heterocycles. The van der Waals surface area contributed by atoms with Gasteiger partial charge in [-0.15, -0.1) is 0 Å². The summed E-state index contributed by atoms with van der Waals surface area (Å²) in [6.45, 7) is 5.74. The predicted octanol–water partition coefficient (Wildman–Crippen LogP) is 2.03. The van der Waals surface area contributed by atoms with Crippen LogP contribution in [0.3, 0.4) is 0 Å². The van der Waals surface area contributed by atoms with Crippen LogP contribution in [0.2, 0.25) is 0 Å². The molecule has 0 aromatic heterocycles. The Bertz CT molecular complexity index is 636. The lowest BCUT2D eigenvalue weighted by Crippen LogP contribution is -2.37. The van der Waals surface area contributed by atoms with Gasteiger partial charge in [-0.3, -0.25) is 9.36 Å². The van der Waals surface area contributed by atoms with Crippen molar-refractivity contribution in [1.29, 1.82) is 0 Å². The zero-order chi connectivity index (χ0) is 19.1. The molecule has 7 nitrogen and oxygen atoms in total. The van der Waals surface area contributed by atoms with E-state index in [1.165, 1.54) is 0 Å². The lowest BCUT2D eigenvalue weighted by molar-refractivity contribution is -0.870. The lowest BCUT2D eigenvalue weighted by Gasteiger charge is -2.27. The minimum atomic E-state index is -4.33. The van der Waals surface area contributed by atoms with Gasteiger partial charge in [0.05, 0.1) is 27.7 Å². The second kappa shape index (κ2) is 9.27. The van der Waals surface area contributed by atoms with Gasteiger partial charge < -0.3 is 23.2 Å². The first-order valence-electron chi connectivity index (χ1n) is 7.84. The molecular weight excluding hydrogens is 345 g/mol. The number of allylic oxidation sites excluding steroid dienone is 1. The van der Waals surface area contributed by atoms with Crippen molar-refractivity contribution in [2.75, 3.05) is 47.5 Å². The van der Waals surface area contributed by atoms with Gasteiger partial charge in [0.1, 0.15) is 25.5 Å². The molecule has 0 aliphatic rings. The van der Waals surface area contributed by atoms with Crippen molar-refractivity contribution in [3.05, 3.63) is 42.0 Å². The van der Waals surface area contributed by atoms with Crippen molar-refractivity contribution in [2.24, 2.45) is 0 Å². The molecule has 0 amide bonds. The first-order chi connectivity index (χ1) is 11.5. The summed E-state index contributed by atoms with van der Waals surface area (Å²) >= 11 is 0. The summed E-state index contributed by atoms with van der Waals surface area (Å²) in [7, 11) is 1.47. The SMILES string of the molecule is C=C(C)C(=O)c1ccc(OCCOP(=O)([O-])OCC[N+](C)(C)C)cc1. The number of hydrogen-bond acceptors (Lipinski definition) is 6. The summed E-state index contributed by atoms with van der Waals surface area (Å²) in [5.74, 6) is 0.377. The highest BCUT2D eigenvalue weighted by Gasteiger charge is 2.13. The van der Waals surface area contributed by atoms with E-state index in [1.807, 2.05) is 21.1 Å². The highest BCUT2D eigenvalue weighted by molar-refractivity contribution is 7.45. The van der Waals surface area contributed by atoms with Crippen LogP contribution < -0.4 is 9.63 Å². The summed E-state index contributed by atoms with van der Waals surface area (Å²) in [4.78, 5) is 23.3. The number of rotatable bonds is 11. The number of benzene rings is 1. The fourth-order valence-corrected chi connectivity index (χ4v) is 2.40. The van der Waals surface area contributed by atoms with E-state index in [0.717, 1.165) is 0 Å². The van der Waals surface area contributed by atoms with E-state index in [-0.39, 0.29) is 25.6 Å². The molecular formula is C17H26NO6P. The number of likely N-dealkylation sites (N-methyl/N-ethyl adjacent to an activating group) is 1. The van der Waals surface area contributed by atoms with Gasteiger partial charge in [-0.05, 0) is 36.8 Å². The molecule has 0 bridgehead atoms. The number of Topliss-reactive ketones (excluding diaryl/α,β-unsaturated/α-hetero) is 1. The Hall–Kier alpha value is -1.50. The first kappa shape index (κ1) is 21.5. The molecule has 0 saturated carbocycles. The van der Waals surface area contributed by atoms with E-state index in [0.29, 0.717) is 27.9 Å². The monoisotopic (exact) mass is 371 g/mol. The summed E-state index contributed by atoms with van der Waals surface area (Å²) in [6, 6.07) is 6.51. The van der Waals surface area contributed by atoms with Gasteiger partial charge >= 0.3 is 0 Å². The maximum atomic E-state index is 11.7. The predicted molar refractivity (Wildman–Crippen MR) is 93.5 cm³/mol. The minimum Gasteiger partial charge on any atom is -0.756 e. The number of hydrogen-bond donors (Lipinski definition) is 0. The average molecular weight is 371 g/mol. The third-order valence-corrected chi connectivity index (χ3v) is 4.11. The van der Waals surface area contributed by atoms with Gasteiger partial charge in [0.25, 0.3) is 7.82 Å². The fraction of sp³-hybridized carbons (Fsp3) is 0.471. The van der Waals surface area contributed by atoms with Gasteiger partial charge in [-0.25, -0.2) is 0 Å². The minimum absolute atomic E-state index is 0.0404. The van der Waals surface area contributed by atoms with Gasteiger partial charge in [0.15, 0.2) is 5.78 Å². The summed E-state index contributed by atoms with van der Waals surface area (Å²) < 4.78 is 27.1. The molecule has 0 aliphatic carbocycles. The molecule has 25 heavy (non-hydrogen) atoms. The molecule has 1 rings (SSSR count). The quantitative estimate of drug-likeness (QED) is 0.195. The summed E-state index contributed by atoms with van der Waals surface area (Å²) in [5.41, 5.74) is 0.976.